The molecule has 4 aromatic rings. The number of para-hydroxylation sites is 1. The molecule has 0 atom stereocenters. The molecule has 1 aliphatic rings. The van der Waals surface area contributed by atoms with Crippen LogP contribution in [0.4, 0.5) is 0 Å². The standard InChI is InChI=1S/C30H33N5O5S/c1-40-29-17-24(11-12-28(29)36)18-31-32-30(37)21-34-15-13-33(14-16-34)19-25-20-35(27-10-6-5-9-26(25)27)41(38,39)22-23-7-3-2-4-8-23/h2-12,17-18,20,36H,13-16,19,21-22H2,1H3,(H,32,37). The Labute approximate surface area is 239 Å². The zero-order valence-electron chi connectivity index (χ0n) is 22.8. The fourth-order valence-corrected chi connectivity index (χ4v) is 6.47. The number of piperazine rings is 1. The number of nitrogens with one attached hydrogen (secondary N) is 1. The molecule has 10 nitrogen and oxygen atoms in total. The van der Waals surface area contributed by atoms with Crippen LogP contribution in [0.25, 0.3) is 10.9 Å². The third-order valence-electron chi connectivity index (χ3n) is 7.08. The highest BCUT2D eigenvalue weighted by Crippen LogP contribution is 2.27. The first-order valence-corrected chi connectivity index (χ1v) is 14.9. The van der Waals surface area contributed by atoms with Crippen LogP contribution in [-0.2, 0) is 27.1 Å². The SMILES string of the molecule is COc1cc(C=NNC(=O)CN2CCN(Cc3cn(S(=O)(=O)Cc4ccccc4)c4ccccc34)CC2)ccc1O. The van der Waals surface area contributed by atoms with Crippen molar-refractivity contribution >= 4 is 33.0 Å². The van der Waals surface area contributed by atoms with Crippen LogP contribution >= 0.6 is 0 Å². The molecule has 1 saturated heterocycles. The van der Waals surface area contributed by atoms with Gasteiger partial charge in [-0.15, -0.1) is 0 Å². The lowest BCUT2D eigenvalue weighted by atomic mass is 10.1. The maximum atomic E-state index is 13.3. The number of amides is 1. The Morgan fingerprint density at radius 1 is 1.00 bits per heavy atom. The van der Waals surface area contributed by atoms with Crippen molar-refractivity contribution in [2.24, 2.45) is 5.10 Å². The fraction of sp³-hybridized carbons (Fsp3) is 0.267. The summed E-state index contributed by atoms with van der Waals surface area (Å²) in [4.78, 5) is 16.8. The van der Waals surface area contributed by atoms with Crippen molar-refractivity contribution in [2.45, 2.75) is 12.3 Å². The molecule has 41 heavy (non-hydrogen) atoms. The summed E-state index contributed by atoms with van der Waals surface area (Å²) in [5.41, 5.74) is 5.62. The number of phenols is 1. The zero-order chi connectivity index (χ0) is 28.8. The van der Waals surface area contributed by atoms with Crippen LogP contribution in [0.5, 0.6) is 11.5 Å². The maximum Gasteiger partial charge on any atom is 0.254 e. The number of hydrogen-bond donors (Lipinski definition) is 2. The van der Waals surface area contributed by atoms with Gasteiger partial charge in [0.25, 0.3) is 5.91 Å². The summed E-state index contributed by atoms with van der Waals surface area (Å²) in [5.74, 6) is 0.0789. The third kappa shape index (κ3) is 6.94. The Morgan fingerprint density at radius 3 is 2.46 bits per heavy atom. The van der Waals surface area contributed by atoms with E-state index in [1.807, 2.05) is 54.6 Å². The van der Waals surface area contributed by atoms with Crippen LogP contribution in [0.15, 0.2) is 84.1 Å². The molecule has 0 unspecified atom stereocenters. The molecule has 214 valence electrons. The number of rotatable bonds is 10. The molecule has 0 saturated carbocycles. The average molecular weight is 576 g/mol. The summed E-state index contributed by atoms with van der Waals surface area (Å²) in [6.45, 7) is 3.75. The molecule has 1 amide bonds. The zero-order valence-corrected chi connectivity index (χ0v) is 23.6. The molecular weight excluding hydrogens is 542 g/mol. The largest absolute Gasteiger partial charge is 0.504 e. The summed E-state index contributed by atoms with van der Waals surface area (Å²) in [6, 6.07) is 21.6. The van der Waals surface area contributed by atoms with Crippen LogP contribution in [0.1, 0.15) is 16.7 Å². The molecule has 0 radical (unpaired) electrons. The second-order valence-electron chi connectivity index (χ2n) is 9.99. The molecular formula is C30H33N5O5S. The number of phenolic OH excluding ortho intramolecular Hbond substituents is 1. The minimum Gasteiger partial charge on any atom is -0.504 e. The van der Waals surface area contributed by atoms with Crippen molar-refractivity contribution in [3.63, 3.8) is 0 Å². The van der Waals surface area contributed by atoms with Gasteiger partial charge in [-0.2, -0.15) is 5.10 Å². The van der Waals surface area contributed by atoms with Crippen molar-refractivity contribution in [3.8, 4) is 11.5 Å². The number of carbonyl (C=O) groups excluding carboxylic acids is 1. The van der Waals surface area contributed by atoms with Gasteiger partial charge in [-0.3, -0.25) is 14.6 Å². The van der Waals surface area contributed by atoms with Crippen molar-refractivity contribution in [1.29, 1.82) is 0 Å². The van der Waals surface area contributed by atoms with Gasteiger partial charge in [0.2, 0.25) is 10.0 Å². The normalized spacial score (nSPS) is 15.0. The summed E-state index contributed by atoms with van der Waals surface area (Å²) in [5, 5.41) is 14.6. The van der Waals surface area contributed by atoms with Crippen LogP contribution in [0, 0.1) is 0 Å². The van der Waals surface area contributed by atoms with Crippen molar-refractivity contribution in [2.75, 3.05) is 39.8 Å². The maximum absolute atomic E-state index is 13.3. The van der Waals surface area contributed by atoms with Gasteiger partial charge in [-0.25, -0.2) is 17.8 Å². The highest BCUT2D eigenvalue weighted by Gasteiger charge is 2.23. The topological polar surface area (TPSA) is 116 Å². The van der Waals surface area contributed by atoms with E-state index in [2.05, 4.69) is 20.3 Å². The molecule has 11 heteroatoms. The molecule has 2 heterocycles. The minimum absolute atomic E-state index is 0.0340. The van der Waals surface area contributed by atoms with E-state index >= 15 is 0 Å². The second-order valence-corrected chi connectivity index (χ2v) is 11.8. The predicted octanol–water partition coefficient (Wildman–Crippen LogP) is 3.00. The van der Waals surface area contributed by atoms with Gasteiger partial charge in [0.15, 0.2) is 11.5 Å². The Hall–Kier alpha value is -4.19. The highest BCUT2D eigenvalue weighted by molar-refractivity contribution is 7.89. The summed E-state index contributed by atoms with van der Waals surface area (Å²) < 4.78 is 33.2. The van der Waals surface area contributed by atoms with Crippen molar-refractivity contribution in [1.82, 2.24) is 19.2 Å². The van der Waals surface area contributed by atoms with Gasteiger partial charge < -0.3 is 9.84 Å². The molecule has 5 rings (SSSR count). The highest BCUT2D eigenvalue weighted by atomic mass is 32.2. The molecule has 1 fully saturated rings. The molecule has 1 aliphatic heterocycles. The predicted molar refractivity (Wildman–Crippen MR) is 159 cm³/mol. The van der Waals surface area contributed by atoms with Crippen LogP contribution in [0.2, 0.25) is 0 Å². The van der Waals surface area contributed by atoms with E-state index in [9.17, 15) is 18.3 Å². The third-order valence-corrected chi connectivity index (χ3v) is 8.68. The van der Waals surface area contributed by atoms with Gasteiger partial charge in [0, 0.05) is 44.3 Å². The number of aromatic hydroxyl groups is 1. The van der Waals surface area contributed by atoms with Crippen molar-refractivity contribution in [3.05, 3.63) is 95.7 Å². The number of carbonyl (C=O) groups is 1. The number of methoxy groups -OCH3 is 1. The number of nitrogens with zero attached hydrogens (tertiary/aromatic N) is 4. The first-order chi connectivity index (χ1) is 19.8. The Morgan fingerprint density at radius 2 is 1.71 bits per heavy atom. The molecule has 3 aromatic carbocycles. The van der Waals surface area contributed by atoms with Gasteiger partial charge in [-0.1, -0.05) is 48.5 Å². The number of hydrazone groups is 1. The molecule has 1 aromatic heterocycles. The average Bonchev–Trinajstić information content (AvgIpc) is 3.34. The van der Waals surface area contributed by atoms with E-state index in [-0.39, 0.29) is 24.0 Å². The minimum atomic E-state index is -3.60. The number of aromatic nitrogens is 1. The monoisotopic (exact) mass is 575 g/mol. The molecule has 0 spiro atoms. The van der Waals surface area contributed by atoms with Gasteiger partial charge in [-0.05, 0) is 41.0 Å². The van der Waals surface area contributed by atoms with Crippen LogP contribution in [0.3, 0.4) is 0 Å². The second kappa shape index (κ2) is 12.5. The lowest BCUT2D eigenvalue weighted by molar-refractivity contribution is -0.122. The molecule has 0 aliphatic carbocycles. The van der Waals surface area contributed by atoms with Crippen molar-refractivity contribution < 1.29 is 23.1 Å². The molecule has 0 bridgehead atoms. The summed E-state index contributed by atoms with van der Waals surface area (Å²) in [7, 11) is -2.13. The summed E-state index contributed by atoms with van der Waals surface area (Å²) >= 11 is 0. The number of fused-ring (bicyclic) bond motifs is 1. The van der Waals surface area contributed by atoms with E-state index in [0.717, 1.165) is 29.6 Å². The number of hydrogen-bond acceptors (Lipinski definition) is 8. The fourth-order valence-electron chi connectivity index (χ4n) is 4.97. The first kappa shape index (κ1) is 28.3. The van der Waals surface area contributed by atoms with E-state index in [1.54, 1.807) is 18.3 Å². The smallest absolute Gasteiger partial charge is 0.254 e. The first-order valence-electron chi connectivity index (χ1n) is 13.3. The van der Waals surface area contributed by atoms with Gasteiger partial charge in [0.05, 0.1) is 31.1 Å². The number of ether oxygens (including phenoxy) is 1. The van der Waals surface area contributed by atoms with Crippen LogP contribution in [-0.4, -0.2) is 79.3 Å². The summed E-state index contributed by atoms with van der Waals surface area (Å²) in [6.07, 6.45) is 3.25. The van der Waals surface area contributed by atoms with Crippen LogP contribution < -0.4 is 10.2 Å². The number of benzene rings is 3. The molecule has 2 N–H and O–H groups in total. The lowest BCUT2D eigenvalue weighted by Crippen LogP contribution is -2.48. The Bertz CT molecular complexity index is 1640. The quantitative estimate of drug-likeness (QED) is 0.221. The van der Waals surface area contributed by atoms with E-state index in [1.165, 1.54) is 23.4 Å². The lowest BCUT2D eigenvalue weighted by Gasteiger charge is -2.34. The Kier molecular flexibility index (Phi) is 8.67. The Balaban J connectivity index is 1.16. The van der Waals surface area contributed by atoms with E-state index in [4.69, 9.17) is 4.74 Å². The van der Waals surface area contributed by atoms with Gasteiger partial charge >= 0.3 is 0 Å². The van der Waals surface area contributed by atoms with E-state index < -0.39 is 10.0 Å². The van der Waals surface area contributed by atoms with E-state index in [0.29, 0.717) is 36.5 Å². The van der Waals surface area contributed by atoms with Gasteiger partial charge in [0.1, 0.15) is 0 Å².